The summed E-state index contributed by atoms with van der Waals surface area (Å²) in [4.78, 5) is -0.0543. The molecular formula is C7H7ClFNO2S. The fraction of sp³-hybridized carbons (Fsp3) is 0.143. The maximum atomic E-state index is 12.6. The molecule has 0 bridgehead atoms. The van der Waals surface area contributed by atoms with E-state index in [4.69, 9.17) is 11.6 Å². The molecule has 0 amide bonds. The van der Waals surface area contributed by atoms with E-state index in [1.807, 2.05) is 0 Å². The Hall–Kier alpha value is -0.650. The van der Waals surface area contributed by atoms with E-state index < -0.39 is 15.8 Å². The van der Waals surface area contributed by atoms with Gasteiger partial charge in [0, 0.05) is 0 Å². The molecule has 1 rings (SSSR count). The molecule has 1 aromatic carbocycles. The Morgan fingerprint density at radius 1 is 1.46 bits per heavy atom. The van der Waals surface area contributed by atoms with Crippen molar-refractivity contribution in [2.45, 2.75) is 4.90 Å². The molecule has 0 aromatic heterocycles. The molecule has 0 fully saturated rings. The van der Waals surface area contributed by atoms with Crippen molar-refractivity contribution < 1.29 is 12.8 Å². The van der Waals surface area contributed by atoms with E-state index in [0.717, 1.165) is 18.2 Å². The Morgan fingerprint density at radius 2 is 2.08 bits per heavy atom. The molecule has 0 radical (unpaired) electrons. The van der Waals surface area contributed by atoms with Gasteiger partial charge < -0.3 is 0 Å². The lowest BCUT2D eigenvalue weighted by Gasteiger charge is -2.02. The summed E-state index contributed by atoms with van der Waals surface area (Å²) in [5.74, 6) is -0.642. The van der Waals surface area contributed by atoms with Gasteiger partial charge in [0.2, 0.25) is 10.0 Å². The highest BCUT2D eigenvalue weighted by molar-refractivity contribution is 7.89. The van der Waals surface area contributed by atoms with Crippen LogP contribution in [0.1, 0.15) is 0 Å². The van der Waals surface area contributed by atoms with Crippen molar-refractivity contribution in [1.82, 2.24) is 4.72 Å². The SMILES string of the molecule is CNS(=O)(=O)c1ccc(F)c(Cl)c1. The zero-order chi connectivity index (χ0) is 10.1. The predicted molar refractivity (Wildman–Crippen MR) is 47.7 cm³/mol. The number of hydrogen-bond donors (Lipinski definition) is 1. The Kier molecular flexibility index (Phi) is 2.90. The van der Waals surface area contributed by atoms with E-state index in [1.165, 1.54) is 7.05 Å². The zero-order valence-electron chi connectivity index (χ0n) is 6.71. The van der Waals surface area contributed by atoms with Crippen LogP contribution in [0, 0.1) is 5.82 Å². The van der Waals surface area contributed by atoms with E-state index in [9.17, 15) is 12.8 Å². The molecule has 72 valence electrons. The average molecular weight is 224 g/mol. The van der Waals surface area contributed by atoms with Crippen LogP contribution in [0.25, 0.3) is 0 Å². The maximum absolute atomic E-state index is 12.6. The third kappa shape index (κ3) is 2.18. The molecule has 0 saturated carbocycles. The second-order valence-electron chi connectivity index (χ2n) is 2.28. The lowest BCUT2D eigenvalue weighted by Crippen LogP contribution is -2.18. The molecule has 1 aromatic rings. The minimum atomic E-state index is -3.54. The molecule has 13 heavy (non-hydrogen) atoms. The molecule has 1 N–H and O–H groups in total. The summed E-state index contributed by atoms with van der Waals surface area (Å²) in [7, 11) is -2.27. The van der Waals surface area contributed by atoms with Gasteiger partial charge in [-0.3, -0.25) is 0 Å². The van der Waals surface area contributed by atoms with Crippen LogP contribution in [-0.4, -0.2) is 15.5 Å². The Balaban J connectivity index is 3.27. The average Bonchev–Trinajstić information content (AvgIpc) is 2.09. The summed E-state index contributed by atoms with van der Waals surface area (Å²) < 4.78 is 37.1. The van der Waals surface area contributed by atoms with Crippen LogP contribution in [0.4, 0.5) is 4.39 Å². The second-order valence-corrected chi connectivity index (χ2v) is 4.58. The minimum absolute atomic E-state index is 0.0543. The van der Waals surface area contributed by atoms with Crippen LogP contribution in [0.2, 0.25) is 5.02 Å². The van der Waals surface area contributed by atoms with Gasteiger partial charge in [-0.25, -0.2) is 17.5 Å². The van der Waals surface area contributed by atoms with E-state index in [-0.39, 0.29) is 9.92 Å². The summed E-state index contributed by atoms with van der Waals surface area (Å²) in [5.41, 5.74) is 0. The Labute approximate surface area is 80.6 Å². The molecule has 0 saturated heterocycles. The number of rotatable bonds is 2. The van der Waals surface area contributed by atoms with E-state index >= 15 is 0 Å². The van der Waals surface area contributed by atoms with E-state index in [2.05, 4.69) is 4.72 Å². The smallest absolute Gasteiger partial charge is 0.214 e. The van der Waals surface area contributed by atoms with Gasteiger partial charge in [-0.1, -0.05) is 11.6 Å². The first-order chi connectivity index (χ1) is 5.97. The highest BCUT2D eigenvalue weighted by Gasteiger charge is 2.12. The Bertz CT molecular complexity index is 419. The summed E-state index contributed by atoms with van der Waals surface area (Å²) >= 11 is 5.41. The summed E-state index contributed by atoms with van der Waals surface area (Å²) in [5, 5.41) is -0.212. The second kappa shape index (κ2) is 3.61. The zero-order valence-corrected chi connectivity index (χ0v) is 8.29. The van der Waals surface area contributed by atoms with E-state index in [0.29, 0.717) is 0 Å². The monoisotopic (exact) mass is 223 g/mol. The van der Waals surface area contributed by atoms with Crippen molar-refractivity contribution >= 4 is 21.6 Å². The van der Waals surface area contributed by atoms with Gasteiger partial charge >= 0.3 is 0 Å². The molecular weight excluding hydrogens is 217 g/mol. The quantitative estimate of drug-likeness (QED) is 0.824. The number of nitrogens with one attached hydrogen (secondary N) is 1. The molecule has 0 spiro atoms. The first kappa shape index (κ1) is 10.4. The minimum Gasteiger partial charge on any atom is -0.214 e. The van der Waals surface area contributed by atoms with Crippen LogP contribution in [0.5, 0.6) is 0 Å². The van der Waals surface area contributed by atoms with Crippen molar-refractivity contribution in [2.75, 3.05) is 7.05 Å². The van der Waals surface area contributed by atoms with Gasteiger partial charge in [-0.05, 0) is 25.2 Å². The van der Waals surface area contributed by atoms with Crippen molar-refractivity contribution in [3.63, 3.8) is 0 Å². The van der Waals surface area contributed by atoms with Crippen molar-refractivity contribution in [1.29, 1.82) is 0 Å². The highest BCUT2D eigenvalue weighted by atomic mass is 35.5. The summed E-state index contributed by atoms with van der Waals surface area (Å²) in [6.45, 7) is 0. The van der Waals surface area contributed by atoms with Crippen LogP contribution >= 0.6 is 11.6 Å². The van der Waals surface area contributed by atoms with Gasteiger partial charge in [-0.15, -0.1) is 0 Å². The van der Waals surface area contributed by atoms with Crippen molar-refractivity contribution in [3.05, 3.63) is 29.0 Å². The summed E-state index contributed by atoms with van der Waals surface area (Å²) in [6.07, 6.45) is 0. The lowest BCUT2D eigenvalue weighted by molar-refractivity contribution is 0.587. The predicted octanol–water partition coefficient (Wildman–Crippen LogP) is 1.39. The fourth-order valence-corrected chi connectivity index (χ4v) is 1.76. The third-order valence-electron chi connectivity index (χ3n) is 1.47. The molecule has 0 unspecified atom stereocenters. The maximum Gasteiger partial charge on any atom is 0.240 e. The molecule has 3 nitrogen and oxygen atoms in total. The van der Waals surface area contributed by atoms with Crippen molar-refractivity contribution in [2.24, 2.45) is 0 Å². The fourth-order valence-electron chi connectivity index (χ4n) is 0.762. The van der Waals surface area contributed by atoms with Crippen LogP contribution in [-0.2, 0) is 10.0 Å². The van der Waals surface area contributed by atoms with Gasteiger partial charge in [0.1, 0.15) is 5.82 Å². The van der Waals surface area contributed by atoms with E-state index in [1.54, 1.807) is 0 Å². The lowest BCUT2D eigenvalue weighted by atomic mass is 10.3. The van der Waals surface area contributed by atoms with Crippen LogP contribution in [0.3, 0.4) is 0 Å². The number of halogens is 2. The topological polar surface area (TPSA) is 46.2 Å². The Morgan fingerprint density at radius 3 is 2.54 bits per heavy atom. The molecule has 0 atom stereocenters. The van der Waals surface area contributed by atoms with Crippen molar-refractivity contribution in [3.8, 4) is 0 Å². The normalized spacial score (nSPS) is 11.6. The standard InChI is InChI=1S/C7H7ClFNO2S/c1-10-13(11,12)5-2-3-7(9)6(8)4-5/h2-4,10H,1H3. The molecule has 6 heteroatoms. The molecule has 0 heterocycles. The number of hydrogen-bond acceptors (Lipinski definition) is 2. The third-order valence-corrected chi connectivity index (χ3v) is 3.17. The van der Waals surface area contributed by atoms with Crippen LogP contribution < -0.4 is 4.72 Å². The number of sulfonamides is 1. The van der Waals surface area contributed by atoms with Gasteiger partial charge in [0.05, 0.1) is 9.92 Å². The molecule has 0 aliphatic carbocycles. The van der Waals surface area contributed by atoms with Crippen LogP contribution in [0.15, 0.2) is 23.1 Å². The molecule has 0 aliphatic rings. The van der Waals surface area contributed by atoms with Gasteiger partial charge in [0.25, 0.3) is 0 Å². The number of benzene rings is 1. The largest absolute Gasteiger partial charge is 0.240 e. The summed E-state index contributed by atoms with van der Waals surface area (Å²) in [6, 6.07) is 3.21. The molecule has 0 aliphatic heterocycles. The van der Waals surface area contributed by atoms with Gasteiger partial charge in [-0.2, -0.15) is 0 Å². The first-order valence-corrected chi connectivity index (χ1v) is 5.22. The van der Waals surface area contributed by atoms with Gasteiger partial charge in [0.15, 0.2) is 0 Å². The highest BCUT2D eigenvalue weighted by Crippen LogP contribution is 2.18. The first-order valence-electron chi connectivity index (χ1n) is 3.36.